The average Bonchev–Trinajstić information content (AvgIpc) is 2.78. The van der Waals surface area contributed by atoms with E-state index in [0.717, 1.165) is 0 Å². The van der Waals surface area contributed by atoms with Crippen molar-refractivity contribution in [2.24, 2.45) is 5.73 Å². The van der Waals surface area contributed by atoms with Gasteiger partial charge in [-0.2, -0.15) is 0 Å². The second kappa shape index (κ2) is 13.1. The minimum Gasteiger partial charge on any atom is -0.463 e. The van der Waals surface area contributed by atoms with E-state index >= 15 is 0 Å². The summed E-state index contributed by atoms with van der Waals surface area (Å²) in [6.45, 7) is 7.84. The first-order valence-electron chi connectivity index (χ1n) is 11.6. The van der Waals surface area contributed by atoms with Crippen LogP contribution in [0.2, 0.25) is 10.0 Å². The van der Waals surface area contributed by atoms with E-state index in [9.17, 15) is 14.4 Å². The van der Waals surface area contributed by atoms with Crippen LogP contribution in [0.5, 0.6) is 11.5 Å². The van der Waals surface area contributed by atoms with E-state index in [-0.39, 0.29) is 19.6 Å². The van der Waals surface area contributed by atoms with Crippen molar-refractivity contribution in [1.82, 2.24) is 0 Å². The summed E-state index contributed by atoms with van der Waals surface area (Å²) in [5.41, 5.74) is 3.15. The first-order chi connectivity index (χ1) is 17.4. The van der Waals surface area contributed by atoms with Crippen molar-refractivity contribution in [1.29, 1.82) is 0 Å². The van der Waals surface area contributed by atoms with Crippen molar-refractivity contribution < 1.29 is 33.3 Å². The number of rotatable bonds is 11. The van der Waals surface area contributed by atoms with Crippen LogP contribution in [0.25, 0.3) is 0 Å². The molecule has 0 fully saturated rings. The molecule has 2 aromatic rings. The van der Waals surface area contributed by atoms with Gasteiger partial charge >= 0.3 is 11.9 Å². The van der Waals surface area contributed by atoms with E-state index < -0.39 is 34.8 Å². The van der Waals surface area contributed by atoms with E-state index in [4.69, 9.17) is 47.9 Å². The highest BCUT2D eigenvalue weighted by molar-refractivity contribution is 6.34. The van der Waals surface area contributed by atoms with Crippen LogP contribution in [0, 0.1) is 0 Å². The van der Waals surface area contributed by atoms with Crippen LogP contribution >= 0.6 is 23.2 Å². The molecule has 0 amide bonds. The van der Waals surface area contributed by atoms with Crippen LogP contribution in [0.15, 0.2) is 48.0 Å². The largest absolute Gasteiger partial charge is 0.463 e. The average molecular weight is 552 g/mol. The van der Waals surface area contributed by atoms with Crippen molar-refractivity contribution in [3.8, 4) is 11.5 Å². The number of ether oxygens (including phenoxy) is 4. The third kappa shape index (κ3) is 8.06. The molecule has 10 heteroatoms. The van der Waals surface area contributed by atoms with Gasteiger partial charge in [0.15, 0.2) is 0 Å². The van der Waals surface area contributed by atoms with Crippen LogP contribution in [-0.2, 0) is 35.0 Å². The van der Waals surface area contributed by atoms with Gasteiger partial charge in [-0.25, -0.2) is 14.4 Å². The van der Waals surface area contributed by atoms with Crippen LogP contribution in [0.3, 0.4) is 0 Å². The molecule has 37 heavy (non-hydrogen) atoms. The number of carbonyl (C=O) groups excluding carboxylic acids is 3. The summed E-state index contributed by atoms with van der Waals surface area (Å²) in [5, 5.41) is 0.866. The van der Waals surface area contributed by atoms with E-state index in [0.29, 0.717) is 27.1 Å². The molecule has 0 saturated carbocycles. The van der Waals surface area contributed by atoms with Gasteiger partial charge in [-0.05, 0) is 76.9 Å². The molecule has 0 bridgehead atoms. The topological polar surface area (TPSA) is 114 Å². The van der Waals surface area contributed by atoms with Gasteiger partial charge in [-0.15, -0.1) is 0 Å². The fraction of sp³-hybridized carbons (Fsp3) is 0.407. The molecular weight excluding hydrogens is 521 g/mol. The fourth-order valence-electron chi connectivity index (χ4n) is 3.48. The first-order valence-corrected chi connectivity index (χ1v) is 12.4. The molecule has 0 aliphatic rings. The van der Waals surface area contributed by atoms with Gasteiger partial charge in [-0.3, -0.25) is 0 Å². The van der Waals surface area contributed by atoms with Gasteiger partial charge in [0.1, 0.15) is 23.0 Å². The summed E-state index contributed by atoms with van der Waals surface area (Å²) >= 11 is 12.0. The number of carbonyl (C=O) groups is 2. The van der Waals surface area contributed by atoms with Crippen molar-refractivity contribution in [2.75, 3.05) is 13.2 Å². The lowest BCUT2D eigenvalue weighted by Gasteiger charge is -2.34. The van der Waals surface area contributed by atoms with Gasteiger partial charge in [0.25, 0.3) is 5.60 Å². The molecular formula is C27H31Cl2NO7. The monoisotopic (exact) mass is 551 g/mol. The predicted molar refractivity (Wildman–Crippen MR) is 141 cm³/mol. The molecule has 2 rings (SSSR count). The van der Waals surface area contributed by atoms with Crippen molar-refractivity contribution >= 4 is 41.1 Å². The Hall–Kier alpha value is -2.87. The lowest BCUT2D eigenvalue weighted by molar-refractivity contribution is -0.192. The molecule has 0 saturated heterocycles. The summed E-state index contributed by atoms with van der Waals surface area (Å²) in [6.07, 6.45) is 0.0743. The number of esters is 2. The van der Waals surface area contributed by atoms with Crippen LogP contribution in [0.4, 0.5) is 0 Å². The van der Waals surface area contributed by atoms with E-state index in [2.05, 4.69) is 0 Å². The molecule has 2 aromatic carbocycles. The van der Waals surface area contributed by atoms with Crippen LogP contribution in [0.1, 0.15) is 40.2 Å². The zero-order chi connectivity index (χ0) is 27.8. The van der Waals surface area contributed by atoms with Crippen molar-refractivity contribution in [3.63, 3.8) is 0 Å². The maximum atomic E-state index is 13.3. The van der Waals surface area contributed by atoms with Gasteiger partial charge in [0.05, 0.1) is 12.2 Å². The molecule has 2 unspecified atom stereocenters. The standard InChI is InChI=1S/C27H31Cl2NO7/c1-6-34-24(32)27(35-7-2,25(33)37-26(3,4)5)22(16-31)23(30)12-17-8-10-20(11-9-17)36-21-14-18(28)13-19(29)15-21/h8-11,13-15,23H,6-7,12,30H2,1-5H3. The Kier molecular flexibility index (Phi) is 10.7. The minimum atomic E-state index is -2.49. The lowest BCUT2D eigenvalue weighted by Crippen LogP contribution is -2.58. The molecule has 0 aliphatic heterocycles. The third-order valence-electron chi connectivity index (χ3n) is 4.92. The Balaban J connectivity index is 2.34. The third-order valence-corrected chi connectivity index (χ3v) is 5.36. The van der Waals surface area contributed by atoms with E-state index in [1.807, 2.05) is 0 Å². The summed E-state index contributed by atoms with van der Waals surface area (Å²) < 4.78 is 21.9. The lowest BCUT2D eigenvalue weighted by atomic mass is 9.86. The van der Waals surface area contributed by atoms with Gasteiger partial charge < -0.3 is 24.7 Å². The molecule has 2 N–H and O–H groups in total. The number of nitrogens with two attached hydrogens (primary N) is 1. The van der Waals surface area contributed by atoms with E-state index in [1.54, 1.807) is 83.0 Å². The highest BCUT2D eigenvalue weighted by atomic mass is 35.5. The minimum absolute atomic E-state index is 0.0584. The zero-order valence-electron chi connectivity index (χ0n) is 21.4. The summed E-state index contributed by atoms with van der Waals surface area (Å²) in [5.74, 6) is 0.446. The van der Waals surface area contributed by atoms with Crippen LogP contribution in [-0.4, -0.2) is 48.3 Å². The number of hydrogen-bond donors (Lipinski definition) is 1. The number of benzene rings is 2. The summed E-state index contributed by atoms with van der Waals surface area (Å²) in [6, 6.07) is 10.5. The maximum Gasteiger partial charge on any atom is 0.356 e. The van der Waals surface area contributed by atoms with E-state index in [1.165, 1.54) is 0 Å². The molecule has 0 heterocycles. The Bertz CT molecular complexity index is 1130. The highest BCUT2D eigenvalue weighted by Crippen LogP contribution is 2.31. The summed E-state index contributed by atoms with van der Waals surface area (Å²) in [7, 11) is 0. The molecule has 0 aromatic heterocycles. The molecule has 2 atom stereocenters. The second-order valence-electron chi connectivity index (χ2n) is 9.01. The Morgan fingerprint density at radius 3 is 2.03 bits per heavy atom. The Morgan fingerprint density at radius 1 is 0.946 bits per heavy atom. The normalized spacial score (nSPS) is 13.6. The Morgan fingerprint density at radius 2 is 1.54 bits per heavy atom. The molecule has 0 aliphatic carbocycles. The SMILES string of the molecule is CCOC(=O)C(OCC)(C(=O)OC(C)(C)C)C(=C=O)C(N)Cc1ccc(Oc2cc(Cl)cc(Cl)c2)cc1. The maximum absolute atomic E-state index is 13.3. The van der Waals surface area contributed by atoms with Crippen molar-refractivity contribution in [3.05, 3.63) is 63.6 Å². The van der Waals surface area contributed by atoms with Gasteiger partial charge in [0, 0.05) is 22.7 Å². The second-order valence-corrected chi connectivity index (χ2v) is 9.89. The smallest absolute Gasteiger partial charge is 0.356 e. The number of hydrogen-bond acceptors (Lipinski definition) is 8. The zero-order valence-corrected chi connectivity index (χ0v) is 22.9. The van der Waals surface area contributed by atoms with Crippen molar-refractivity contribution in [2.45, 2.75) is 58.3 Å². The molecule has 8 nitrogen and oxygen atoms in total. The predicted octanol–water partition coefficient (Wildman–Crippen LogP) is 5.09. The molecule has 0 spiro atoms. The van der Waals surface area contributed by atoms with Gasteiger partial charge in [-0.1, -0.05) is 35.3 Å². The fourth-order valence-corrected chi connectivity index (χ4v) is 3.99. The van der Waals surface area contributed by atoms with Gasteiger partial charge in [0.2, 0.25) is 0 Å². The quantitative estimate of drug-likeness (QED) is 0.233. The number of halogens is 2. The highest BCUT2D eigenvalue weighted by Gasteiger charge is 2.57. The Labute approximate surface area is 226 Å². The van der Waals surface area contributed by atoms with Crippen LogP contribution < -0.4 is 10.5 Å². The summed E-state index contributed by atoms with van der Waals surface area (Å²) in [4.78, 5) is 38.5. The molecule has 200 valence electrons. The molecule has 0 radical (unpaired) electrons. The first kappa shape index (κ1) is 30.4.